The first kappa shape index (κ1) is 16.4. The molecular formula is C20H20N2OS. The molecule has 3 aromatic rings. The van der Waals surface area contributed by atoms with E-state index in [0.717, 1.165) is 32.4 Å². The summed E-state index contributed by atoms with van der Waals surface area (Å²) in [6, 6.07) is 16.1. The molecule has 122 valence electrons. The normalized spacial score (nSPS) is 10.6. The molecule has 0 radical (unpaired) electrons. The van der Waals surface area contributed by atoms with Crippen LogP contribution in [0.25, 0.3) is 11.3 Å². The third kappa shape index (κ3) is 3.89. The maximum Gasteiger partial charge on any atom is 0.229 e. The smallest absolute Gasteiger partial charge is 0.229 e. The number of amides is 1. The fraction of sp³-hybridized carbons (Fsp3) is 0.200. The molecule has 0 fully saturated rings. The lowest BCUT2D eigenvalue weighted by atomic mass is 10.1. The maximum absolute atomic E-state index is 12.4. The average molecular weight is 336 g/mol. The second kappa shape index (κ2) is 6.97. The van der Waals surface area contributed by atoms with Crippen LogP contribution in [0.3, 0.4) is 0 Å². The predicted octanol–water partition coefficient (Wildman–Crippen LogP) is 4.92. The number of nitrogens with zero attached hydrogens (tertiary/aromatic N) is 1. The van der Waals surface area contributed by atoms with Crippen molar-refractivity contribution >= 4 is 22.9 Å². The number of nitrogens with one attached hydrogen (secondary N) is 1. The van der Waals surface area contributed by atoms with Crippen LogP contribution in [0.1, 0.15) is 21.0 Å². The number of aromatic nitrogens is 1. The van der Waals surface area contributed by atoms with E-state index in [2.05, 4.69) is 41.5 Å². The zero-order valence-electron chi connectivity index (χ0n) is 14.1. The molecule has 1 amide bonds. The Bertz CT molecular complexity index is 866. The second-order valence-electron chi connectivity index (χ2n) is 5.97. The fourth-order valence-corrected chi connectivity index (χ4v) is 3.56. The van der Waals surface area contributed by atoms with Crippen LogP contribution < -0.4 is 5.32 Å². The first-order valence-corrected chi connectivity index (χ1v) is 8.73. The largest absolute Gasteiger partial charge is 0.326 e. The third-order valence-electron chi connectivity index (χ3n) is 3.75. The Morgan fingerprint density at radius 2 is 1.79 bits per heavy atom. The molecule has 1 aromatic heterocycles. The van der Waals surface area contributed by atoms with E-state index in [1.54, 1.807) is 11.3 Å². The summed E-state index contributed by atoms with van der Waals surface area (Å²) in [6.07, 6.45) is 0.336. The van der Waals surface area contributed by atoms with Crippen molar-refractivity contribution in [1.29, 1.82) is 0 Å². The van der Waals surface area contributed by atoms with Gasteiger partial charge in [0.15, 0.2) is 0 Å². The predicted molar refractivity (Wildman–Crippen MR) is 101 cm³/mol. The van der Waals surface area contributed by atoms with E-state index in [-0.39, 0.29) is 5.91 Å². The maximum atomic E-state index is 12.4. The molecule has 1 N–H and O–H groups in total. The van der Waals surface area contributed by atoms with Gasteiger partial charge in [0.25, 0.3) is 0 Å². The van der Waals surface area contributed by atoms with E-state index in [1.807, 2.05) is 38.1 Å². The highest BCUT2D eigenvalue weighted by atomic mass is 32.1. The lowest BCUT2D eigenvalue weighted by Gasteiger charge is -2.06. The van der Waals surface area contributed by atoms with Crippen molar-refractivity contribution in [3.8, 4) is 11.3 Å². The Hall–Kier alpha value is -2.46. The standard InChI is InChI=1S/C20H20N2OS/c1-13-7-9-16(10-8-13)20-18(24-15(3)21-20)12-19(23)22-17-6-4-5-14(2)11-17/h4-11H,12H2,1-3H3,(H,22,23). The molecule has 4 heteroatoms. The topological polar surface area (TPSA) is 42.0 Å². The van der Waals surface area contributed by atoms with E-state index < -0.39 is 0 Å². The van der Waals surface area contributed by atoms with Crippen molar-refractivity contribution in [1.82, 2.24) is 4.98 Å². The molecule has 0 bridgehead atoms. The van der Waals surface area contributed by atoms with E-state index in [4.69, 9.17) is 0 Å². The van der Waals surface area contributed by atoms with Crippen molar-refractivity contribution in [3.05, 3.63) is 69.5 Å². The van der Waals surface area contributed by atoms with Crippen LogP contribution >= 0.6 is 11.3 Å². The van der Waals surface area contributed by atoms with Gasteiger partial charge in [-0.2, -0.15) is 0 Å². The number of carbonyl (C=O) groups is 1. The molecule has 0 saturated heterocycles. The zero-order valence-corrected chi connectivity index (χ0v) is 14.9. The molecule has 3 rings (SSSR count). The molecular weight excluding hydrogens is 316 g/mol. The van der Waals surface area contributed by atoms with Gasteiger partial charge in [0.2, 0.25) is 5.91 Å². The summed E-state index contributed by atoms with van der Waals surface area (Å²) in [6.45, 7) is 6.05. The van der Waals surface area contributed by atoms with Crippen LogP contribution in [0.15, 0.2) is 48.5 Å². The molecule has 0 atom stereocenters. The van der Waals surface area contributed by atoms with E-state index >= 15 is 0 Å². The number of hydrogen-bond acceptors (Lipinski definition) is 3. The fourth-order valence-electron chi connectivity index (χ4n) is 2.60. The van der Waals surface area contributed by atoms with Crippen molar-refractivity contribution in [2.24, 2.45) is 0 Å². The third-order valence-corrected chi connectivity index (χ3v) is 4.72. The molecule has 1 heterocycles. The molecule has 2 aromatic carbocycles. The molecule has 0 aliphatic carbocycles. The molecule has 0 spiro atoms. The number of rotatable bonds is 4. The van der Waals surface area contributed by atoms with Gasteiger partial charge in [-0.1, -0.05) is 42.0 Å². The Labute approximate surface area is 146 Å². The van der Waals surface area contributed by atoms with Gasteiger partial charge < -0.3 is 5.32 Å². The summed E-state index contributed by atoms with van der Waals surface area (Å²) < 4.78 is 0. The van der Waals surface area contributed by atoms with E-state index in [1.165, 1.54) is 5.56 Å². The van der Waals surface area contributed by atoms with Crippen molar-refractivity contribution in [3.63, 3.8) is 0 Å². The summed E-state index contributed by atoms with van der Waals surface area (Å²) in [4.78, 5) is 18.0. The monoisotopic (exact) mass is 336 g/mol. The van der Waals surface area contributed by atoms with Crippen LogP contribution in [0, 0.1) is 20.8 Å². The summed E-state index contributed by atoms with van der Waals surface area (Å²) in [7, 11) is 0. The lowest BCUT2D eigenvalue weighted by Crippen LogP contribution is -2.14. The van der Waals surface area contributed by atoms with Crippen LogP contribution in [-0.4, -0.2) is 10.9 Å². The van der Waals surface area contributed by atoms with Crippen LogP contribution in [0.4, 0.5) is 5.69 Å². The minimum absolute atomic E-state index is 0.0161. The van der Waals surface area contributed by atoms with Crippen LogP contribution in [0.5, 0.6) is 0 Å². The van der Waals surface area contributed by atoms with Crippen LogP contribution in [0.2, 0.25) is 0 Å². The average Bonchev–Trinajstić information content (AvgIpc) is 2.88. The Morgan fingerprint density at radius 3 is 2.50 bits per heavy atom. The van der Waals surface area contributed by atoms with Gasteiger partial charge >= 0.3 is 0 Å². The van der Waals surface area contributed by atoms with Crippen molar-refractivity contribution in [2.45, 2.75) is 27.2 Å². The SMILES string of the molecule is Cc1ccc(-c2nc(C)sc2CC(=O)Nc2cccc(C)c2)cc1. The summed E-state index contributed by atoms with van der Waals surface area (Å²) in [5, 5.41) is 3.94. The number of aryl methyl sites for hydroxylation is 3. The van der Waals surface area contributed by atoms with Crippen molar-refractivity contribution < 1.29 is 4.79 Å². The first-order chi connectivity index (χ1) is 11.5. The van der Waals surface area contributed by atoms with Gasteiger partial charge in [-0.25, -0.2) is 4.98 Å². The number of benzene rings is 2. The summed E-state index contributed by atoms with van der Waals surface area (Å²) in [5.74, 6) is -0.0161. The van der Waals surface area contributed by atoms with Crippen molar-refractivity contribution in [2.75, 3.05) is 5.32 Å². The van der Waals surface area contributed by atoms with E-state index in [9.17, 15) is 4.79 Å². The number of hydrogen-bond donors (Lipinski definition) is 1. The van der Waals surface area contributed by atoms with Gasteiger partial charge in [0.1, 0.15) is 0 Å². The van der Waals surface area contributed by atoms with Gasteiger partial charge in [-0.15, -0.1) is 11.3 Å². The quantitative estimate of drug-likeness (QED) is 0.735. The number of thiazole rings is 1. The van der Waals surface area contributed by atoms with E-state index in [0.29, 0.717) is 6.42 Å². The number of anilines is 1. The van der Waals surface area contributed by atoms with Gasteiger partial charge in [0.05, 0.1) is 17.1 Å². The lowest BCUT2D eigenvalue weighted by molar-refractivity contribution is -0.115. The molecule has 0 aliphatic heterocycles. The Morgan fingerprint density at radius 1 is 1.04 bits per heavy atom. The molecule has 3 nitrogen and oxygen atoms in total. The highest BCUT2D eigenvalue weighted by Crippen LogP contribution is 2.29. The Balaban J connectivity index is 1.80. The summed E-state index contributed by atoms with van der Waals surface area (Å²) >= 11 is 1.58. The molecule has 0 saturated carbocycles. The summed E-state index contributed by atoms with van der Waals surface area (Å²) in [5.41, 5.74) is 5.14. The van der Waals surface area contributed by atoms with Gasteiger partial charge in [0, 0.05) is 16.1 Å². The first-order valence-electron chi connectivity index (χ1n) is 7.91. The molecule has 0 unspecified atom stereocenters. The Kier molecular flexibility index (Phi) is 4.76. The molecule has 24 heavy (non-hydrogen) atoms. The zero-order chi connectivity index (χ0) is 17.1. The highest BCUT2D eigenvalue weighted by molar-refractivity contribution is 7.12. The minimum atomic E-state index is -0.0161. The van der Waals surface area contributed by atoms with Crippen LogP contribution in [-0.2, 0) is 11.2 Å². The van der Waals surface area contributed by atoms with Gasteiger partial charge in [-0.05, 0) is 38.5 Å². The second-order valence-corrected chi connectivity index (χ2v) is 7.25. The van der Waals surface area contributed by atoms with Gasteiger partial charge in [-0.3, -0.25) is 4.79 Å². The minimum Gasteiger partial charge on any atom is -0.326 e. The number of carbonyl (C=O) groups excluding carboxylic acids is 1. The highest BCUT2D eigenvalue weighted by Gasteiger charge is 2.15. The molecule has 0 aliphatic rings.